The number of carbonyl (C=O) groups is 1. The third-order valence-electron chi connectivity index (χ3n) is 2.93. The Balaban J connectivity index is 3.08. The van der Waals surface area contributed by atoms with Gasteiger partial charge in [0.25, 0.3) is 5.91 Å². The molecule has 0 aliphatic rings. The summed E-state index contributed by atoms with van der Waals surface area (Å²) < 4.78 is 47.7. The molecule has 0 fully saturated rings. The molecule has 0 aliphatic carbocycles. The maximum Gasteiger partial charge on any atom is 0.254 e. The fraction of sp³-hybridized carbons (Fsp3) is 0.417. The summed E-state index contributed by atoms with van der Waals surface area (Å²) in [5, 5.41) is 7.12. The zero-order chi connectivity index (χ0) is 16.4. The highest BCUT2D eigenvalue weighted by Gasteiger charge is 2.20. The number of carbonyl (C=O) groups excluding carboxylic acids is 1. The lowest BCUT2D eigenvalue weighted by atomic mass is 10.1. The molecule has 118 valence electrons. The minimum absolute atomic E-state index is 0.0833. The van der Waals surface area contributed by atoms with Gasteiger partial charge in [-0.15, -0.1) is 0 Å². The summed E-state index contributed by atoms with van der Waals surface area (Å²) in [6.07, 6.45) is 1.49. The van der Waals surface area contributed by atoms with Gasteiger partial charge in [0.1, 0.15) is 5.82 Å². The van der Waals surface area contributed by atoms with Crippen LogP contribution < -0.4 is 10.5 Å². The van der Waals surface area contributed by atoms with Crippen molar-refractivity contribution in [2.24, 2.45) is 5.14 Å². The summed E-state index contributed by atoms with van der Waals surface area (Å²) in [5.74, 6) is -1.63. The van der Waals surface area contributed by atoms with Crippen LogP contribution in [-0.2, 0) is 20.8 Å². The Morgan fingerprint density at radius 2 is 2.05 bits per heavy atom. The van der Waals surface area contributed by atoms with Gasteiger partial charge in [-0.1, -0.05) is 0 Å². The molecule has 3 N–H and O–H groups in total. The van der Waals surface area contributed by atoms with Crippen molar-refractivity contribution in [2.75, 3.05) is 12.8 Å². The number of hydrogen-bond acceptors (Lipinski definition) is 4. The normalized spacial score (nSPS) is 14.5. The summed E-state index contributed by atoms with van der Waals surface area (Å²) in [7, 11) is -5.18. The number of nitrogens with two attached hydrogens (primary N) is 1. The van der Waals surface area contributed by atoms with E-state index in [2.05, 4.69) is 5.32 Å². The van der Waals surface area contributed by atoms with Gasteiger partial charge in [-0.3, -0.25) is 9.00 Å². The van der Waals surface area contributed by atoms with Crippen LogP contribution in [0.15, 0.2) is 17.0 Å². The smallest absolute Gasteiger partial charge is 0.254 e. The Morgan fingerprint density at radius 3 is 2.52 bits per heavy atom. The van der Waals surface area contributed by atoms with E-state index in [1.54, 1.807) is 6.92 Å². The first-order chi connectivity index (χ1) is 9.54. The molecule has 6 nitrogen and oxygen atoms in total. The molecule has 0 saturated heterocycles. The molecule has 0 heterocycles. The summed E-state index contributed by atoms with van der Waals surface area (Å²) >= 11 is 0. The highest BCUT2D eigenvalue weighted by Crippen LogP contribution is 2.19. The first kappa shape index (κ1) is 17.7. The van der Waals surface area contributed by atoms with Crippen LogP contribution >= 0.6 is 0 Å². The van der Waals surface area contributed by atoms with E-state index < -0.39 is 38.1 Å². The van der Waals surface area contributed by atoms with E-state index >= 15 is 0 Å². The van der Waals surface area contributed by atoms with Gasteiger partial charge in [-0.2, -0.15) is 0 Å². The molecule has 0 spiro atoms. The Kier molecular flexibility index (Phi) is 5.60. The third-order valence-corrected chi connectivity index (χ3v) is 5.29. The van der Waals surface area contributed by atoms with Crippen molar-refractivity contribution in [3.63, 3.8) is 0 Å². The van der Waals surface area contributed by atoms with Crippen LogP contribution in [0.25, 0.3) is 0 Å². The molecule has 2 unspecified atom stereocenters. The highest BCUT2D eigenvalue weighted by molar-refractivity contribution is 7.89. The van der Waals surface area contributed by atoms with Crippen LogP contribution in [0.5, 0.6) is 0 Å². The molecule has 1 amide bonds. The number of benzene rings is 1. The van der Waals surface area contributed by atoms with Gasteiger partial charge < -0.3 is 5.32 Å². The quantitative estimate of drug-likeness (QED) is 0.805. The van der Waals surface area contributed by atoms with E-state index in [4.69, 9.17) is 5.14 Å². The molecule has 0 saturated carbocycles. The number of hydrogen-bond donors (Lipinski definition) is 2. The standard InChI is InChI=1S/C12H17FN2O4S2/c1-7-4-10(13)9(5-11(7)21(14,18)19)12(16)15-6-8(2)20(3)17/h4-5,8H,6H2,1-3H3,(H,15,16)(H2,14,18,19). The van der Waals surface area contributed by atoms with Crippen molar-refractivity contribution >= 4 is 26.7 Å². The number of primary sulfonamides is 1. The molecule has 1 aromatic carbocycles. The van der Waals surface area contributed by atoms with Crippen molar-refractivity contribution < 1.29 is 21.8 Å². The van der Waals surface area contributed by atoms with E-state index in [0.717, 1.165) is 12.1 Å². The summed E-state index contributed by atoms with van der Waals surface area (Å²) in [6.45, 7) is 3.13. The largest absolute Gasteiger partial charge is 0.351 e. The van der Waals surface area contributed by atoms with Gasteiger partial charge in [0.2, 0.25) is 10.0 Å². The van der Waals surface area contributed by atoms with Crippen LogP contribution in [0.2, 0.25) is 0 Å². The Hall–Kier alpha value is -1.32. The Morgan fingerprint density at radius 1 is 1.48 bits per heavy atom. The Bertz CT molecular complexity index is 689. The molecule has 0 radical (unpaired) electrons. The van der Waals surface area contributed by atoms with Gasteiger partial charge in [0.15, 0.2) is 0 Å². The van der Waals surface area contributed by atoms with Gasteiger partial charge in [-0.05, 0) is 31.5 Å². The minimum atomic E-state index is -4.05. The number of amides is 1. The van der Waals surface area contributed by atoms with Crippen LogP contribution in [0, 0.1) is 12.7 Å². The van der Waals surface area contributed by atoms with E-state index in [1.165, 1.54) is 13.2 Å². The van der Waals surface area contributed by atoms with Gasteiger partial charge in [-0.25, -0.2) is 17.9 Å². The minimum Gasteiger partial charge on any atom is -0.351 e. The van der Waals surface area contributed by atoms with E-state index in [9.17, 15) is 21.8 Å². The molecule has 9 heteroatoms. The monoisotopic (exact) mass is 336 g/mol. The topological polar surface area (TPSA) is 106 Å². The van der Waals surface area contributed by atoms with Crippen LogP contribution in [0.4, 0.5) is 4.39 Å². The predicted molar refractivity (Wildman–Crippen MR) is 78.4 cm³/mol. The molecule has 21 heavy (non-hydrogen) atoms. The molecular formula is C12H17FN2O4S2. The average molecular weight is 336 g/mol. The number of rotatable bonds is 5. The Labute approximate surface area is 125 Å². The molecule has 0 aliphatic heterocycles. The zero-order valence-electron chi connectivity index (χ0n) is 11.8. The molecule has 0 aromatic heterocycles. The lowest BCUT2D eigenvalue weighted by Gasteiger charge is -2.12. The maximum atomic E-state index is 13.8. The van der Waals surface area contributed by atoms with Crippen molar-refractivity contribution in [2.45, 2.75) is 24.0 Å². The van der Waals surface area contributed by atoms with Crippen molar-refractivity contribution in [1.29, 1.82) is 0 Å². The van der Waals surface area contributed by atoms with Crippen LogP contribution in [-0.4, -0.2) is 36.6 Å². The van der Waals surface area contributed by atoms with E-state index in [-0.39, 0.29) is 22.3 Å². The first-order valence-corrected chi connectivity index (χ1v) is 9.14. The average Bonchev–Trinajstić information content (AvgIpc) is 2.33. The van der Waals surface area contributed by atoms with Gasteiger partial charge >= 0.3 is 0 Å². The van der Waals surface area contributed by atoms with E-state index in [0.29, 0.717) is 0 Å². The molecule has 2 atom stereocenters. The van der Waals surface area contributed by atoms with Gasteiger partial charge in [0, 0.05) is 28.9 Å². The van der Waals surface area contributed by atoms with Crippen LogP contribution in [0.1, 0.15) is 22.8 Å². The molecule has 1 rings (SSSR count). The maximum absolute atomic E-state index is 13.8. The molecule has 0 bridgehead atoms. The second-order valence-electron chi connectivity index (χ2n) is 4.66. The number of sulfonamides is 1. The third kappa shape index (κ3) is 4.58. The van der Waals surface area contributed by atoms with Crippen molar-refractivity contribution in [3.8, 4) is 0 Å². The summed E-state index contributed by atoms with van der Waals surface area (Å²) in [6, 6.07) is 1.85. The molecule has 1 aromatic rings. The molecular weight excluding hydrogens is 319 g/mol. The van der Waals surface area contributed by atoms with Gasteiger partial charge in [0.05, 0.1) is 10.5 Å². The second-order valence-corrected chi connectivity index (χ2v) is 7.99. The number of nitrogens with one attached hydrogen (secondary N) is 1. The predicted octanol–water partition coefficient (Wildman–Crippen LogP) is 0.278. The fourth-order valence-corrected chi connectivity index (χ4v) is 2.69. The van der Waals surface area contributed by atoms with Crippen molar-refractivity contribution in [3.05, 3.63) is 29.1 Å². The number of aryl methyl sites for hydroxylation is 1. The second kappa shape index (κ2) is 6.63. The van der Waals surface area contributed by atoms with Crippen LogP contribution in [0.3, 0.4) is 0 Å². The van der Waals surface area contributed by atoms with E-state index in [1.807, 2.05) is 0 Å². The first-order valence-electron chi connectivity index (χ1n) is 5.97. The zero-order valence-corrected chi connectivity index (χ0v) is 13.5. The number of halogens is 1. The summed E-state index contributed by atoms with van der Waals surface area (Å²) in [4.78, 5) is 11.6. The highest BCUT2D eigenvalue weighted by atomic mass is 32.2. The summed E-state index contributed by atoms with van der Waals surface area (Å²) in [5.41, 5.74) is -0.298. The lowest BCUT2D eigenvalue weighted by Crippen LogP contribution is -2.33. The fourth-order valence-electron chi connectivity index (χ4n) is 1.58. The van der Waals surface area contributed by atoms with Crippen molar-refractivity contribution in [1.82, 2.24) is 5.32 Å². The lowest BCUT2D eigenvalue weighted by molar-refractivity contribution is 0.0950. The SMILES string of the molecule is Cc1cc(F)c(C(=O)NCC(C)S(C)=O)cc1S(N)(=O)=O.